The number of aryl methyl sites for hydroxylation is 1. The Morgan fingerprint density at radius 1 is 0.975 bits per heavy atom. The van der Waals surface area contributed by atoms with E-state index < -0.39 is 11.0 Å². The first-order valence-corrected chi connectivity index (χ1v) is 13.1. The second kappa shape index (κ2) is 10.7. The van der Waals surface area contributed by atoms with Gasteiger partial charge in [0.2, 0.25) is 0 Å². The number of tetrazole rings is 1. The number of nitro benzene ring substituents is 1. The molecule has 0 unspecified atom stereocenters. The highest BCUT2D eigenvalue weighted by atomic mass is 16.6. The van der Waals surface area contributed by atoms with Crippen LogP contribution in [-0.2, 0) is 6.54 Å². The highest BCUT2D eigenvalue weighted by molar-refractivity contribution is 5.79. The van der Waals surface area contributed by atoms with Crippen molar-refractivity contribution in [3.05, 3.63) is 122 Å². The molecule has 0 spiro atoms. The summed E-state index contributed by atoms with van der Waals surface area (Å²) in [6, 6.07) is 24.0. The lowest BCUT2D eigenvalue weighted by molar-refractivity contribution is -0.384. The predicted octanol–water partition coefficient (Wildman–Crippen LogP) is 3.69. The fourth-order valence-corrected chi connectivity index (χ4v) is 5.35. The number of non-ortho nitro benzene ring substituents is 1. The van der Waals surface area contributed by atoms with E-state index in [1.165, 1.54) is 12.1 Å². The number of piperazine rings is 1. The molecule has 0 amide bonds. The zero-order valence-corrected chi connectivity index (χ0v) is 22.0. The van der Waals surface area contributed by atoms with Crippen molar-refractivity contribution < 1.29 is 4.92 Å². The van der Waals surface area contributed by atoms with E-state index in [9.17, 15) is 14.9 Å². The lowest BCUT2D eigenvalue weighted by Crippen LogP contribution is -2.49. The van der Waals surface area contributed by atoms with Crippen molar-refractivity contribution in [3.63, 3.8) is 0 Å². The second-order valence-corrected chi connectivity index (χ2v) is 10.0. The largest absolute Gasteiger partial charge is 0.369 e. The van der Waals surface area contributed by atoms with Crippen LogP contribution in [0.3, 0.4) is 0 Å². The number of hydrogen-bond donors (Lipinski definition) is 1. The number of nitro groups is 1. The van der Waals surface area contributed by atoms with Gasteiger partial charge in [-0.15, -0.1) is 5.10 Å². The first-order chi connectivity index (χ1) is 19.5. The summed E-state index contributed by atoms with van der Waals surface area (Å²) in [6.45, 7) is 5.15. The van der Waals surface area contributed by atoms with E-state index in [1.807, 2.05) is 55.5 Å². The van der Waals surface area contributed by atoms with Gasteiger partial charge in [0.25, 0.3) is 11.2 Å². The Labute approximate surface area is 229 Å². The number of anilines is 1. The van der Waals surface area contributed by atoms with E-state index in [2.05, 4.69) is 36.4 Å². The number of nitrogens with zero attached hydrogens (tertiary/aromatic N) is 7. The SMILES string of the molecule is Cc1ccc2[nH]c(=O)c([C@@H](c3nnnn3Cc3ccccc3)N3CCN(c4ccc([N+](=O)[O-])cc4)CC3)cc2c1. The van der Waals surface area contributed by atoms with E-state index in [4.69, 9.17) is 0 Å². The molecule has 202 valence electrons. The Kier molecular flexibility index (Phi) is 6.79. The van der Waals surface area contributed by atoms with Gasteiger partial charge in [0, 0.05) is 55.1 Å². The summed E-state index contributed by atoms with van der Waals surface area (Å²) in [6.07, 6.45) is 0. The van der Waals surface area contributed by atoms with Crippen molar-refractivity contribution in [1.82, 2.24) is 30.1 Å². The minimum atomic E-state index is -0.466. The number of aromatic nitrogens is 5. The van der Waals surface area contributed by atoms with Gasteiger partial charge in [-0.3, -0.25) is 19.8 Å². The summed E-state index contributed by atoms with van der Waals surface area (Å²) >= 11 is 0. The maximum absolute atomic E-state index is 13.5. The van der Waals surface area contributed by atoms with E-state index >= 15 is 0 Å². The molecule has 1 atom stereocenters. The third kappa shape index (κ3) is 5.06. The predicted molar refractivity (Wildman–Crippen MR) is 151 cm³/mol. The summed E-state index contributed by atoms with van der Waals surface area (Å²) in [4.78, 5) is 31.7. The molecule has 1 fully saturated rings. The quantitative estimate of drug-likeness (QED) is 0.247. The molecule has 1 N–H and O–H groups in total. The van der Waals surface area contributed by atoms with Crippen molar-refractivity contribution >= 4 is 22.3 Å². The van der Waals surface area contributed by atoms with Gasteiger partial charge < -0.3 is 9.88 Å². The van der Waals surface area contributed by atoms with Gasteiger partial charge in [-0.25, -0.2) is 4.68 Å². The molecule has 1 aliphatic rings. The van der Waals surface area contributed by atoms with Crippen LogP contribution in [0.25, 0.3) is 10.9 Å². The molecule has 6 rings (SSSR count). The summed E-state index contributed by atoms with van der Waals surface area (Å²) in [5.41, 5.74) is 4.35. The number of rotatable bonds is 7. The van der Waals surface area contributed by atoms with Gasteiger partial charge in [-0.2, -0.15) is 0 Å². The number of benzene rings is 3. The maximum Gasteiger partial charge on any atom is 0.269 e. The fraction of sp³-hybridized carbons (Fsp3) is 0.241. The third-order valence-electron chi connectivity index (χ3n) is 7.41. The van der Waals surface area contributed by atoms with Crippen LogP contribution in [0.2, 0.25) is 0 Å². The maximum atomic E-state index is 13.5. The van der Waals surface area contributed by atoms with Crippen LogP contribution in [0, 0.1) is 17.0 Å². The van der Waals surface area contributed by atoms with E-state index in [-0.39, 0.29) is 11.2 Å². The lowest BCUT2D eigenvalue weighted by Gasteiger charge is -2.39. The van der Waals surface area contributed by atoms with Crippen LogP contribution < -0.4 is 10.5 Å². The van der Waals surface area contributed by atoms with E-state index in [0.717, 1.165) is 27.7 Å². The monoisotopic (exact) mass is 536 g/mol. The van der Waals surface area contributed by atoms with Crippen molar-refractivity contribution in [2.75, 3.05) is 31.1 Å². The Morgan fingerprint density at radius 3 is 2.45 bits per heavy atom. The molecule has 3 heterocycles. The molecule has 0 saturated carbocycles. The Balaban J connectivity index is 1.35. The van der Waals surface area contributed by atoms with Gasteiger partial charge in [0.1, 0.15) is 6.04 Å². The van der Waals surface area contributed by atoms with Crippen molar-refractivity contribution in [2.24, 2.45) is 0 Å². The molecule has 40 heavy (non-hydrogen) atoms. The highest BCUT2D eigenvalue weighted by Crippen LogP contribution is 2.30. The number of hydrogen-bond acceptors (Lipinski definition) is 8. The smallest absolute Gasteiger partial charge is 0.269 e. The zero-order valence-electron chi connectivity index (χ0n) is 22.0. The van der Waals surface area contributed by atoms with Crippen LogP contribution in [0.1, 0.15) is 28.6 Å². The van der Waals surface area contributed by atoms with Gasteiger partial charge >= 0.3 is 0 Å². The summed E-state index contributed by atoms with van der Waals surface area (Å²) in [5, 5.41) is 24.8. The molecule has 5 aromatic rings. The summed E-state index contributed by atoms with van der Waals surface area (Å²) in [7, 11) is 0. The van der Waals surface area contributed by atoms with E-state index in [0.29, 0.717) is 44.1 Å². The third-order valence-corrected chi connectivity index (χ3v) is 7.41. The first kappa shape index (κ1) is 25.4. The molecule has 1 saturated heterocycles. The Hall–Kier alpha value is -4.90. The number of fused-ring (bicyclic) bond motifs is 1. The average molecular weight is 537 g/mol. The molecule has 0 aliphatic carbocycles. The van der Waals surface area contributed by atoms with Crippen molar-refractivity contribution in [1.29, 1.82) is 0 Å². The fourth-order valence-electron chi connectivity index (χ4n) is 5.35. The molecule has 11 nitrogen and oxygen atoms in total. The minimum Gasteiger partial charge on any atom is -0.369 e. The number of aromatic amines is 1. The molecular weight excluding hydrogens is 508 g/mol. The topological polar surface area (TPSA) is 126 Å². The molecule has 3 aromatic carbocycles. The highest BCUT2D eigenvalue weighted by Gasteiger charge is 2.33. The van der Waals surface area contributed by atoms with Gasteiger partial charge in [0.05, 0.1) is 11.5 Å². The second-order valence-electron chi connectivity index (χ2n) is 10.0. The van der Waals surface area contributed by atoms with Crippen LogP contribution in [0.5, 0.6) is 0 Å². The average Bonchev–Trinajstić information content (AvgIpc) is 3.42. The van der Waals surface area contributed by atoms with Crippen LogP contribution >= 0.6 is 0 Å². The summed E-state index contributed by atoms with van der Waals surface area (Å²) < 4.78 is 1.77. The minimum absolute atomic E-state index is 0.0680. The van der Waals surface area contributed by atoms with Crippen LogP contribution in [-0.4, -0.2) is 61.2 Å². The first-order valence-electron chi connectivity index (χ1n) is 13.1. The Bertz CT molecular complexity index is 1710. The molecule has 0 bridgehead atoms. The van der Waals surface area contributed by atoms with E-state index in [1.54, 1.807) is 16.8 Å². The van der Waals surface area contributed by atoms with Gasteiger partial charge in [-0.1, -0.05) is 42.0 Å². The van der Waals surface area contributed by atoms with Crippen LogP contribution in [0.4, 0.5) is 11.4 Å². The lowest BCUT2D eigenvalue weighted by atomic mass is 10.0. The van der Waals surface area contributed by atoms with Gasteiger partial charge in [-0.05, 0) is 58.6 Å². The van der Waals surface area contributed by atoms with Gasteiger partial charge in [0.15, 0.2) is 5.82 Å². The molecule has 1 aliphatic heterocycles. The zero-order chi connectivity index (χ0) is 27.6. The molecule has 0 radical (unpaired) electrons. The van der Waals surface area contributed by atoms with Crippen molar-refractivity contribution in [2.45, 2.75) is 19.5 Å². The summed E-state index contributed by atoms with van der Waals surface area (Å²) in [5.74, 6) is 0.602. The standard InChI is InChI=1S/C29H28N8O3/c1-20-7-12-26-22(17-20)18-25(29(38)30-26)27(28-31-32-33-36(28)19-21-5-3-2-4-6-21)35-15-13-34(14-16-35)23-8-10-24(11-9-23)37(39)40/h2-12,17-18,27H,13-16,19H2,1H3,(H,30,38)/t27-/m0/s1. The number of H-pyrrole nitrogens is 1. The van der Waals surface area contributed by atoms with Crippen LogP contribution in [0.15, 0.2) is 83.7 Å². The normalized spacial score (nSPS) is 14.9. The number of pyridine rings is 1. The van der Waals surface area contributed by atoms with Crippen molar-refractivity contribution in [3.8, 4) is 0 Å². The number of nitrogens with one attached hydrogen (secondary N) is 1. The molecule has 2 aromatic heterocycles. The Morgan fingerprint density at radius 2 is 1.73 bits per heavy atom. The molecule has 11 heteroatoms. The molecular formula is C29H28N8O3.